The number of rotatable bonds is 7. The number of nitrogens with zero attached hydrogens (tertiary/aromatic N) is 2. The molecule has 2 aliphatic rings. The number of anilines is 1. The van der Waals surface area contributed by atoms with Crippen LogP contribution in [0.5, 0.6) is 5.75 Å². The van der Waals surface area contributed by atoms with E-state index in [9.17, 15) is 19.2 Å². The zero-order chi connectivity index (χ0) is 21.0. The van der Waals surface area contributed by atoms with E-state index in [0.717, 1.165) is 0 Å². The summed E-state index contributed by atoms with van der Waals surface area (Å²) < 4.78 is 5.06. The number of benzene rings is 1. The molecule has 2 atom stereocenters. The summed E-state index contributed by atoms with van der Waals surface area (Å²) in [5.41, 5.74) is 0.598. The van der Waals surface area contributed by atoms with E-state index in [1.165, 1.54) is 16.8 Å². The van der Waals surface area contributed by atoms with Crippen LogP contribution in [-0.2, 0) is 19.2 Å². The van der Waals surface area contributed by atoms with Crippen molar-refractivity contribution in [3.05, 3.63) is 36.4 Å². The average molecular weight is 399 g/mol. The van der Waals surface area contributed by atoms with Gasteiger partial charge in [-0.25, -0.2) is 0 Å². The molecule has 154 valence electrons. The van der Waals surface area contributed by atoms with Crippen molar-refractivity contribution in [1.82, 2.24) is 9.80 Å². The monoisotopic (exact) mass is 399 g/mol. The third-order valence-corrected chi connectivity index (χ3v) is 5.33. The Hall–Kier alpha value is -3.16. The van der Waals surface area contributed by atoms with Crippen LogP contribution in [0.25, 0.3) is 0 Å². The number of hydrogen-bond donors (Lipinski definition) is 1. The van der Waals surface area contributed by atoms with Crippen LogP contribution in [0.3, 0.4) is 0 Å². The smallest absolute Gasteiger partial charge is 0.243 e. The first kappa shape index (κ1) is 20.6. The van der Waals surface area contributed by atoms with Crippen LogP contribution in [0.15, 0.2) is 36.4 Å². The molecule has 1 aromatic carbocycles. The summed E-state index contributed by atoms with van der Waals surface area (Å²) in [5, 5.41) is 2.71. The molecule has 1 aliphatic carbocycles. The molecule has 8 heteroatoms. The van der Waals surface area contributed by atoms with Gasteiger partial charge in [-0.2, -0.15) is 0 Å². The van der Waals surface area contributed by atoms with E-state index in [1.54, 1.807) is 31.4 Å². The van der Waals surface area contributed by atoms with Crippen LogP contribution in [0.4, 0.5) is 5.69 Å². The number of carbonyl (C=O) groups is 4. The lowest BCUT2D eigenvalue weighted by Crippen LogP contribution is -2.38. The highest BCUT2D eigenvalue weighted by molar-refractivity contribution is 6.05. The molecule has 0 bridgehead atoms. The largest absolute Gasteiger partial charge is 0.497 e. The van der Waals surface area contributed by atoms with Crippen molar-refractivity contribution in [2.45, 2.75) is 19.3 Å². The zero-order valence-electron chi connectivity index (χ0n) is 16.6. The second-order valence-corrected chi connectivity index (χ2v) is 7.26. The fraction of sp³-hybridized carbons (Fsp3) is 0.429. The van der Waals surface area contributed by atoms with E-state index in [4.69, 9.17) is 4.74 Å². The normalized spacial score (nSPS) is 20.4. The average Bonchev–Trinajstić information content (AvgIpc) is 2.97. The third kappa shape index (κ3) is 4.64. The molecule has 0 saturated carbocycles. The number of ether oxygens (including phenoxy) is 1. The van der Waals surface area contributed by atoms with Gasteiger partial charge in [0.15, 0.2) is 0 Å². The van der Waals surface area contributed by atoms with E-state index in [2.05, 4.69) is 5.32 Å². The molecule has 0 radical (unpaired) electrons. The molecular weight excluding hydrogens is 374 g/mol. The van der Waals surface area contributed by atoms with Gasteiger partial charge in [-0.15, -0.1) is 0 Å². The van der Waals surface area contributed by atoms with Gasteiger partial charge in [0.05, 0.1) is 25.5 Å². The molecule has 1 N–H and O–H groups in total. The number of methoxy groups -OCH3 is 1. The minimum absolute atomic E-state index is 0.00331. The van der Waals surface area contributed by atoms with Crippen LogP contribution in [-0.4, -0.2) is 60.7 Å². The van der Waals surface area contributed by atoms with Gasteiger partial charge < -0.3 is 15.0 Å². The van der Waals surface area contributed by atoms with Crippen LogP contribution in [0.1, 0.15) is 19.3 Å². The number of allylic oxidation sites excluding steroid dienone is 2. The molecule has 8 nitrogen and oxygen atoms in total. The van der Waals surface area contributed by atoms with E-state index in [-0.39, 0.29) is 55.0 Å². The summed E-state index contributed by atoms with van der Waals surface area (Å²) in [5.74, 6) is -0.947. The van der Waals surface area contributed by atoms with Gasteiger partial charge in [-0.1, -0.05) is 12.2 Å². The van der Waals surface area contributed by atoms with Crippen LogP contribution >= 0.6 is 0 Å². The second-order valence-electron chi connectivity index (χ2n) is 7.26. The Kier molecular flexibility index (Phi) is 6.31. The van der Waals surface area contributed by atoms with Gasteiger partial charge in [0, 0.05) is 25.7 Å². The summed E-state index contributed by atoms with van der Waals surface area (Å²) in [6.07, 6.45) is 5.00. The Morgan fingerprint density at radius 3 is 2.24 bits per heavy atom. The van der Waals surface area contributed by atoms with E-state index in [0.29, 0.717) is 24.3 Å². The molecule has 1 aromatic rings. The first-order chi connectivity index (χ1) is 13.9. The van der Waals surface area contributed by atoms with Gasteiger partial charge in [0.25, 0.3) is 0 Å². The van der Waals surface area contributed by atoms with Crippen molar-refractivity contribution < 1.29 is 23.9 Å². The van der Waals surface area contributed by atoms with Gasteiger partial charge in [0.1, 0.15) is 5.75 Å². The molecule has 0 aromatic heterocycles. The van der Waals surface area contributed by atoms with Crippen molar-refractivity contribution in [2.75, 3.05) is 32.6 Å². The quantitative estimate of drug-likeness (QED) is 0.553. The molecule has 1 aliphatic heterocycles. The Morgan fingerprint density at radius 1 is 1.10 bits per heavy atom. The topological polar surface area (TPSA) is 96.0 Å². The molecule has 0 unspecified atom stereocenters. The highest BCUT2D eigenvalue weighted by atomic mass is 16.5. The summed E-state index contributed by atoms with van der Waals surface area (Å²) in [4.78, 5) is 51.9. The lowest BCUT2D eigenvalue weighted by molar-refractivity contribution is -0.141. The highest BCUT2D eigenvalue weighted by Crippen LogP contribution is 2.35. The Morgan fingerprint density at radius 2 is 1.69 bits per heavy atom. The Balaban J connectivity index is 1.47. The van der Waals surface area contributed by atoms with Crippen LogP contribution in [0.2, 0.25) is 0 Å². The summed E-state index contributed by atoms with van der Waals surface area (Å²) in [6.45, 7) is -0.0735. The van der Waals surface area contributed by atoms with Crippen molar-refractivity contribution >= 4 is 29.3 Å². The molecule has 29 heavy (non-hydrogen) atoms. The first-order valence-electron chi connectivity index (χ1n) is 9.58. The lowest BCUT2D eigenvalue weighted by Gasteiger charge is -2.19. The fourth-order valence-electron chi connectivity index (χ4n) is 3.67. The fourth-order valence-corrected chi connectivity index (χ4v) is 3.67. The molecule has 3 rings (SSSR count). The number of carbonyl (C=O) groups excluding carboxylic acids is 4. The number of amides is 4. The van der Waals surface area contributed by atoms with Gasteiger partial charge in [0.2, 0.25) is 23.6 Å². The maximum absolute atomic E-state index is 12.4. The van der Waals surface area contributed by atoms with Crippen molar-refractivity contribution in [2.24, 2.45) is 11.8 Å². The van der Waals surface area contributed by atoms with Gasteiger partial charge in [-0.05, 0) is 37.1 Å². The number of imide groups is 1. The van der Waals surface area contributed by atoms with E-state index < -0.39 is 0 Å². The van der Waals surface area contributed by atoms with Gasteiger partial charge in [-0.3, -0.25) is 24.1 Å². The molecule has 1 heterocycles. The van der Waals surface area contributed by atoms with Crippen LogP contribution in [0, 0.1) is 11.8 Å². The van der Waals surface area contributed by atoms with Crippen molar-refractivity contribution in [1.29, 1.82) is 0 Å². The third-order valence-electron chi connectivity index (χ3n) is 5.33. The molecule has 4 amide bonds. The predicted molar refractivity (Wildman–Crippen MR) is 106 cm³/mol. The van der Waals surface area contributed by atoms with Crippen LogP contribution < -0.4 is 10.1 Å². The Labute approximate surface area is 169 Å². The minimum Gasteiger partial charge on any atom is -0.497 e. The van der Waals surface area contributed by atoms with Crippen molar-refractivity contribution in [3.63, 3.8) is 0 Å². The molecular formula is C21H25N3O5. The first-order valence-corrected chi connectivity index (χ1v) is 9.58. The number of fused-ring (bicyclic) bond motifs is 1. The van der Waals surface area contributed by atoms with Crippen molar-refractivity contribution in [3.8, 4) is 5.75 Å². The molecule has 0 spiro atoms. The maximum Gasteiger partial charge on any atom is 0.243 e. The molecule has 1 fully saturated rings. The van der Waals surface area contributed by atoms with Gasteiger partial charge >= 0.3 is 0 Å². The summed E-state index contributed by atoms with van der Waals surface area (Å²) in [7, 11) is 3.08. The second kappa shape index (κ2) is 8.89. The number of nitrogens with one attached hydrogen (secondary N) is 1. The minimum atomic E-state index is -0.337. The zero-order valence-corrected chi connectivity index (χ0v) is 16.6. The number of hydrogen-bond acceptors (Lipinski definition) is 5. The molecule has 1 saturated heterocycles. The summed E-state index contributed by atoms with van der Waals surface area (Å²) in [6, 6.07) is 6.86. The SMILES string of the molecule is COc1ccc(NC(=O)CN(C)C(=O)CCN2C(=O)[C@H]3CC=CC[C@H]3C2=O)cc1. The van der Waals surface area contributed by atoms with E-state index in [1.807, 2.05) is 12.2 Å². The predicted octanol–water partition coefficient (Wildman–Crippen LogP) is 1.43. The highest BCUT2D eigenvalue weighted by Gasteiger charge is 2.46. The van der Waals surface area contributed by atoms with E-state index >= 15 is 0 Å². The summed E-state index contributed by atoms with van der Waals surface area (Å²) >= 11 is 0. The standard InChI is InChI=1S/C21H25N3O5/c1-23(13-18(25)22-14-7-9-15(29-2)10-8-14)19(26)11-12-24-20(27)16-5-3-4-6-17(16)21(24)28/h3-4,7-10,16-17H,5-6,11-13H2,1-2H3,(H,22,25)/t16-,17+. The Bertz CT molecular complexity index is 807. The number of likely N-dealkylation sites (tertiary alicyclic amines) is 1. The lowest BCUT2D eigenvalue weighted by atomic mass is 9.85. The number of likely N-dealkylation sites (N-methyl/N-ethyl adjacent to an activating group) is 1. The maximum atomic E-state index is 12.4.